The molecule has 0 spiro atoms. The smallest absolute Gasteiger partial charge is 0.408 e. The second-order valence-corrected chi connectivity index (χ2v) is 5.14. The van der Waals surface area contributed by atoms with Gasteiger partial charge in [0.1, 0.15) is 11.1 Å². The standard InChI is InChI=1S/C12H19NO4/c1-6-8-7-12(8,9(14)16-5)13-10(15)17-11(2,3)4/h6,8H,1,7H2,2-5H3,(H,13,15)/t8-,12?/m1/s1. The second-order valence-electron chi connectivity index (χ2n) is 5.14. The van der Waals surface area contributed by atoms with E-state index in [1.54, 1.807) is 26.8 Å². The Balaban J connectivity index is 2.68. The summed E-state index contributed by atoms with van der Waals surface area (Å²) >= 11 is 0. The molecule has 5 heteroatoms. The molecule has 5 nitrogen and oxygen atoms in total. The number of methoxy groups -OCH3 is 1. The number of ether oxygens (including phenoxy) is 2. The Morgan fingerprint density at radius 2 is 2.06 bits per heavy atom. The van der Waals surface area contributed by atoms with Gasteiger partial charge in [0.05, 0.1) is 7.11 Å². The van der Waals surface area contributed by atoms with Crippen molar-refractivity contribution in [2.75, 3.05) is 7.11 Å². The molecular weight excluding hydrogens is 222 g/mol. The van der Waals surface area contributed by atoms with Crippen LogP contribution in [-0.4, -0.2) is 30.3 Å². The van der Waals surface area contributed by atoms with Crippen LogP contribution in [0.4, 0.5) is 4.79 Å². The zero-order chi connectivity index (χ0) is 13.3. The molecule has 0 aliphatic heterocycles. The Hall–Kier alpha value is -1.52. The lowest BCUT2D eigenvalue weighted by Gasteiger charge is -2.22. The SMILES string of the molecule is C=C[C@@H]1CC1(NC(=O)OC(C)(C)C)C(=O)OC. The topological polar surface area (TPSA) is 64.6 Å². The maximum atomic E-state index is 11.6. The van der Waals surface area contributed by atoms with Gasteiger partial charge in [-0.1, -0.05) is 6.08 Å². The fourth-order valence-electron chi connectivity index (χ4n) is 1.67. The van der Waals surface area contributed by atoms with Crippen molar-refractivity contribution in [3.63, 3.8) is 0 Å². The van der Waals surface area contributed by atoms with Crippen LogP contribution in [0.2, 0.25) is 0 Å². The predicted octanol–water partition coefficient (Wildman–Crippen LogP) is 1.63. The summed E-state index contributed by atoms with van der Waals surface area (Å²) in [5, 5.41) is 2.57. The normalized spacial score (nSPS) is 26.9. The summed E-state index contributed by atoms with van der Waals surface area (Å²) < 4.78 is 9.79. The van der Waals surface area contributed by atoms with Crippen LogP contribution < -0.4 is 5.32 Å². The lowest BCUT2D eigenvalue weighted by atomic mass is 10.2. The number of esters is 1. The third-order valence-corrected chi connectivity index (χ3v) is 2.57. The van der Waals surface area contributed by atoms with E-state index in [0.29, 0.717) is 6.42 Å². The molecule has 1 rings (SSSR count). The lowest BCUT2D eigenvalue weighted by molar-refractivity contribution is -0.144. The molecule has 2 atom stereocenters. The van der Waals surface area contributed by atoms with Crippen LogP contribution in [0.15, 0.2) is 12.7 Å². The molecular formula is C12H19NO4. The fraction of sp³-hybridized carbons (Fsp3) is 0.667. The Morgan fingerprint density at radius 3 is 2.41 bits per heavy atom. The van der Waals surface area contributed by atoms with Gasteiger partial charge >= 0.3 is 12.1 Å². The van der Waals surface area contributed by atoms with Gasteiger partial charge in [-0.05, 0) is 27.2 Å². The number of amides is 1. The van der Waals surface area contributed by atoms with Crippen molar-refractivity contribution in [2.45, 2.75) is 38.3 Å². The predicted molar refractivity (Wildman–Crippen MR) is 62.4 cm³/mol. The van der Waals surface area contributed by atoms with Gasteiger partial charge in [0.2, 0.25) is 0 Å². The van der Waals surface area contributed by atoms with Crippen molar-refractivity contribution in [3.8, 4) is 0 Å². The van der Waals surface area contributed by atoms with Gasteiger partial charge in [-0.2, -0.15) is 0 Å². The van der Waals surface area contributed by atoms with Crippen LogP contribution >= 0.6 is 0 Å². The van der Waals surface area contributed by atoms with Gasteiger partial charge < -0.3 is 14.8 Å². The van der Waals surface area contributed by atoms with Gasteiger partial charge in [-0.25, -0.2) is 9.59 Å². The minimum absolute atomic E-state index is 0.0949. The van der Waals surface area contributed by atoms with E-state index in [-0.39, 0.29) is 5.92 Å². The first-order chi connectivity index (χ1) is 7.75. The zero-order valence-electron chi connectivity index (χ0n) is 10.7. The molecule has 1 fully saturated rings. The van der Waals surface area contributed by atoms with Gasteiger partial charge in [0, 0.05) is 5.92 Å². The summed E-state index contributed by atoms with van der Waals surface area (Å²) in [6.45, 7) is 8.89. The number of hydrogen-bond acceptors (Lipinski definition) is 4. The van der Waals surface area contributed by atoms with Crippen LogP contribution in [-0.2, 0) is 14.3 Å². The van der Waals surface area contributed by atoms with E-state index >= 15 is 0 Å². The van der Waals surface area contributed by atoms with E-state index in [1.807, 2.05) is 0 Å². The largest absolute Gasteiger partial charge is 0.467 e. The van der Waals surface area contributed by atoms with E-state index in [2.05, 4.69) is 16.6 Å². The molecule has 1 saturated carbocycles. The Kier molecular flexibility index (Phi) is 3.50. The van der Waals surface area contributed by atoms with Crippen LogP contribution in [0, 0.1) is 5.92 Å². The molecule has 1 aliphatic carbocycles. The summed E-state index contributed by atoms with van der Waals surface area (Å²) in [7, 11) is 1.29. The quantitative estimate of drug-likeness (QED) is 0.602. The highest BCUT2D eigenvalue weighted by Gasteiger charge is 2.61. The number of rotatable bonds is 3. The summed E-state index contributed by atoms with van der Waals surface area (Å²) in [6.07, 6.45) is 1.52. The van der Waals surface area contributed by atoms with E-state index in [9.17, 15) is 9.59 Å². The van der Waals surface area contributed by atoms with Crippen molar-refractivity contribution < 1.29 is 19.1 Å². The molecule has 0 aromatic heterocycles. The summed E-state index contributed by atoms with van der Waals surface area (Å²) in [5.74, 6) is -0.560. The highest BCUT2D eigenvalue weighted by atomic mass is 16.6. The highest BCUT2D eigenvalue weighted by Crippen LogP contribution is 2.45. The highest BCUT2D eigenvalue weighted by molar-refractivity contribution is 5.90. The molecule has 96 valence electrons. The summed E-state index contributed by atoms with van der Waals surface area (Å²) in [5.41, 5.74) is -1.58. The summed E-state index contributed by atoms with van der Waals surface area (Å²) in [4.78, 5) is 23.2. The minimum atomic E-state index is -0.987. The average molecular weight is 241 g/mol. The molecule has 0 aromatic rings. The first-order valence-corrected chi connectivity index (χ1v) is 5.47. The van der Waals surface area contributed by atoms with Crippen LogP contribution in [0.5, 0.6) is 0 Å². The molecule has 17 heavy (non-hydrogen) atoms. The molecule has 0 saturated heterocycles. The third kappa shape index (κ3) is 2.99. The molecule has 1 amide bonds. The van der Waals surface area contributed by atoms with Crippen molar-refractivity contribution in [2.24, 2.45) is 5.92 Å². The van der Waals surface area contributed by atoms with E-state index in [4.69, 9.17) is 4.74 Å². The first-order valence-electron chi connectivity index (χ1n) is 5.47. The van der Waals surface area contributed by atoms with E-state index in [0.717, 1.165) is 0 Å². The number of carbonyl (C=O) groups is 2. The molecule has 1 aliphatic rings. The van der Waals surface area contributed by atoms with Crippen LogP contribution in [0.25, 0.3) is 0 Å². The van der Waals surface area contributed by atoms with Crippen molar-refractivity contribution in [1.29, 1.82) is 0 Å². The van der Waals surface area contributed by atoms with Crippen LogP contribution in [0.3, 0.4) is 0 Å². The molecule has 0 aromatic carbocycles. The van der Waals surface area contributed by atoms with E-state index < -0.39 is 23.2 Å². The lowest BCUT2D eigenvalue weighted by Crippen LogP contribution is -2.47. The summed E-state index contributed by atoms with van der Waals surface area (Å²) in [6, 6.07) is 0. The maximum absolute atomic E-state index is 11.6. The van der Waals surface area contributed by atoms with Gasteiger partial charge in [0.15, 0.2) is 0 Å². The zero-order valence-corrected chi connectivity index (χ0v) is 10.7. The van der Waals surface area contributed by atoms with Crippen molar-refractivity contribution in [3.05, 3.63) is 12.7 Å². The molecule has 1 N–H and O–H groups in total. The minimum Gasteiger partial charge on any atom is -0.467 e. The molecule has 0 bridgehead atoms. The maximum Gasteiger partial charge on any atom is 0.408 e. The monoisotopic (exact) mass is 241 g/mol. The number of carbonyl (C=O) groups excluding carboxylic acids is 2. The fourth-order valence-corrected chi connectivity index (χ4v) is 1.67. The van der Waals surface area contributed by atoms with E-state index in [1.165, 1.54) is 7.11 Å². The molecule has 1 unspecified atom stereocenters. The Labute approximate surface area is 101 Å². The van der Waals surface area contributed by atoms with Crippen molar-refractivity contribution in [1.82, 2.24) is 5.32 Å². The average Bonchev–Trinajstić information content (AvgIpc) is 2.88. The third-order valence-electron chi connectivity index (χ3n) is 2.57. The van der Waals surface area contributed by atoms with Crippen LogP contribution in [0.1, 0.15) is 27.2 Å². The molecule has 0 heterocycles. The molecule has 0 radical (unpaired) electrons. The Morgan fingerprint density at radius 1 is 1.47 bits per heavy atom. The first kappa shape index (κ1) is 13.5. The van der Waals surface area contributed by atoms with Gasteiger partial charge in [0.25, 0.3) is 0 Å². The van der Waals surface area contributed by atoms with Gasteiger partial charge in [-0.3, -0.25) is 0 Å². The number of alkyl carbamates (subject to hydrolysis) is 1. The number of hydrogen-bond donors (Lipinski definition) is 1. The van der Waals surface area contributed by atoms with Gasteiger partial charge in [-0.15, -0.1) is 6.58 Å². The number of nitrogens with one attached hydrogen (secondary N) is 1. The van der Waals surface area contributed by atoms with Crippen molar-refractivity contribution >= 4 is 12.1 Å². The second kappa shape index (κ2) is 4.39. The Bertz CT molecular complexity index is 345.